The molecule has 1 aliphatic rings. The van der Waals surface area contributed by atoms with Gasteiger partial charge in [-0.3, -0.25) is 4.98 Å². The molecule has 0 spiro atoms. The van der Waals surface area contributed by atoms with E-state index in [2.05, 4.69) is 10.3 Å². The van der Waals surface area contributed by atoms with Crippen molar-refractivity contribution in [1.29, 1.82) is 0 Å². The largest absolute Gasteiger partial charge is 0.316 e. The van der Waals surface area contributed by atoms with E-state index in [1.54, 1.807) is 6.07 Å². The second-order valence-corrected chi connectivity index (χ2v) is 3.48. The van der Waals surface area contributed by atoms with Crippen LogP contribution in [0.2, 0.25) is 0 Å². The Morgan fingerprint density at radius 2 is 2.29 bits per heavy atom. The number of alkyl halides is 2. The SMILES string of the molecule is FC(F)c1cccc(C2CCNC2)n1. The summed E-state index contributed by atoms with van der Waals surface area (Å²) in [7, 11) is 0. The average Bonchev–Trinajstić information content (AvgIpc) is 2.71. The van der Waals surface area contributed by atoms with Crippen LogP contribution in [0, 0.1) is 0 Å². The van der Waals surface area contributed by atoms with Crippen molar-refractivity contribution in [2.75, 3.05) is 13.1 Å². The van der Waals surface area contributed by atoms with Crippen molar-refractivity contribution in [3.63, 3.8) is 0 Å². The number of rotatable bonds is 2. The van der Waals surface area contributed by atoms with E-state index in [1.165, 1.54) is 6.07 Å². The Labute approximate surface area is 81.4 Å². The molecule has 1 aromatic rings. The number of hydrogen-bond acceptors (Lipinski definition) is 2. The molecule has 4 heteroatoms. The molecule has 0 amide bonds. The summed E-state index contributed by atoms with van der Waals surface area (Å²) in [4.78, 5) is 3.96. The van der Waals surface area contributed by atoms with E-state index in [9.17, 15) is 8.78 Å². The first-order chi connectivity index (χ1) is 6.77. The number of nitrogens with one attached hydrogen (secondary N) is 1. The Morgan fingerprint density at radius 3 is 2.93 bits per heavy atom. The lowest BCUT2D eigenvalue weighted by Gasteiger charge is -2.08. The van der Waals surface area contributed by atoms with Crippen molar-refractivity contribution < 1.29 is 8.78 Å². The van der Waals surface area contributed by atoms with Crippen molar-refractivity contribution in [3.8, 4) is 0 Å². The highest BCUT2D eigenvalue weighted by molar-refractivity contribution is 5.17. The zero-order valence-electron chi connectivity index (χ0n) is 7.71. The van der Waals surface area contributed by atoms with Gasteiger partial charge in [0.15, 0.2) is 0 Å². The van der Waals surface area contributed by atoms with Crippen LogP contribution >= 0.6 is 0 Å². The van der Waals surface area contributed by atoms with Crippen molar-refractivity contribution in [1.82, 2.24) is 10.3 Å². The third kappa shape index (κ3) is 1.90. The predicted octanol–water partition coefficient (Wildman–Crippen LogP) is 2.10. The molecule has 1 N–H and O–H groups in total. The number of hydrogen-bond donors (Lipinski definition) is 1. The van der Waals surface area contributed by atoms with Gasteiger partial charge in [-0.25, -0.2) is 8.78 Å². The number of halogens is 2. The molecule has 0 aromatic carbocycles. The molecule has 1 aromatic heterocycles. The molecular weight excluding hydrogens is 186 g/mol. The van der Waals surface area contributed by atoms with Crippen molar-refractivity contribution in [2.45, 2.75) is 18.8 Å². The van der Waals surface area contributed by atoms with Gasteiger partial charge in [0, 0.05) is 18.2 Å². The van der Waals surface area contributed by atoms with Crippen LogP contribution in [-0.4, -0.2) is 18.1 Å². The van der Waals surface area contributed by atoms with Crippen LogP contribution in [0.15, 0.2) is 18.2 Å². The van der Waals surface area contributed by atoms with Crippen molar-refractivity contribution in [3.05, 3.63) is 29.6 Å². The summed E-state index contributed by atoms with van der Waals surface area (Å²) in [5, 5.41) is 3.19. The van der Waals surface area contributed by atoms with Gasteiger partial charge in [-0.2, -0.15) is 0 Å². The minimum absolute atomic E-state index is 0.116. The van der Waals surface area contributed by atoms with Crippen LogP contribution in [0.4, 0.5) is 8.78 Å². The minimum atomic E-state index is -2.47. The molecule has 2 heterocycles. The van der Waals surface area contributed by atoms with E-state index < -0.39 is 6.43 Å². The first-order valence-electron chi connectivity index (χ1n) is 4.73. The zero-order chi connectivity index (χ0) is 9.97. The Balaban J connectivity index is 2.21. The maximum absolute atomic E-state index is 12.4. The molecule has 2 nitrogen and oxygen atoms in total. The normalized spacial score (nSPS) is 21.8. The summed E-state index contributed by atoms with van der Waals surface area (Å²) < 4.78 is 24.7. The summed E-state index contributed by atoms with van der Waals surface area (Å²) in [6, 6.07) is 4.85. The number of aromatic nitrogens is 1. The summed E-state index contributed by atoms with van der Waals surface area (Å²) in [6.07, 6.45) is -1.48. The van der Waals surface area contributed by atoms with Crippen LogP contribution in [0.3, 0.4) is 0 Å². The van der Waals surface area contributed by atoms with E-state index >= 15 is 0 Å². The summed E-state index contributed by atoms with van der Waals surface area (Å²) in [6.45, 7) is 1.80. The van der Waals surface area contributed by atoms with Crippen molar-refractivity contribution in [2.24, 2.45) is 0 Å². The monoisotopic (exact) mass is 198 g/mol. The molecule has 1 fully saturated rings. The molecule has 1 aliphatic heterocycles. The van der Waals surface area contributed by atoms with E-state index in [0.29, 0.717) is 5.92 Å². The van der Waals surface area contributed by atoms with Gasteiger partial charge in [-0.1, -0.05) is 6.07 Å². The molecule has 76 valence electrons. The first-order valence-corrected chi connectivity index (χ1v) is 4.73. The molecule has 14 heavy (non-hydrogen) atoms. The molecular formula is C10H12F2N2. The Bertz CT molecular complexity index is 309. The molecule has 0 aliphatic carbocycles. The lowest BCUT2D eigenvalue weighted by molar-refractivity contribution is 0.145. The standard InChI is InChI=1S/C10H12F2N2/c11-10(12)9-3-1-2-8(14-9)7-4-5-13-6-7/h1-3,7,10,13H,4-6H2. The third-order valence-electron chi connectivity index (χ3n) is 2.49. The van der Waals surface area contributed by atoms with Gasteiger partial charge in [0.25, 0.3) is 6.43 Å². The van der Waals surface area contributed by atoms with Gasteiger partial charge in [-0.15, -0.1) is 0 Å². The van der Waals surface area contributed by atoms with Crippen molar-refractivity contribution >= 4 is 0 Å². The molecule has 0 radical (unpaired) electrons. The van der Waals surface area contributed by atoms with Crippen LogP contribution in [0.5, 0.6) is 0 Å². The van der Waals surface area contributed by atoms with Crippen LogP contribution < -0.4 is 5.32 Å². The van der Waals surface area contributed by atoms with Crippen LogP contribution in [0.1, 0.15) is 30.2 Å². The van der Waals surface area contributed by atoms with Crippen LogP contribution in [0.25, 0.3) is 0 Å². The van der Waals surface area contributed by atoms with E-state index in [0.717, 1.165) is 25.2 Å². The predicted molar refractivity (Wildman–Crippen MR) is 49.4 cm³/mol. The second-order valence-electron chi connectivity index (χ2n) is 3.48. The average molecular weight is 198 g/mol. The Kier molecular flexibility index (Phi) is 2.72. The third-order valence-corrected chi connectivity index (χ3v) is 2.49. The van der Waals surface area contributed by atoms with Gasteiger partial charge in [0.2, 0.25) is 0 Å². The lowest BCUT2D eigenvalue weighted by atomic mass is 10.0. The molecule has 0 bridgehead atoms. The molecule has 2 rings (SSSR count). The fourth-order valence-electron chi connectivity index (χ4n) is 1.72. The first kappa shape index (κ1) is 9.52. The highest BCUT2D eigenvalue weighted by Crippen LogP contribution is 2.23. The highest BCUT2D eigenvalue weighted by atomic mass is 19.3. The molecule has 1 unspecified atom stereocenters. The van der Waals surface area contributed by atoms with E-state index in [1.807, 2.05) is 6.07 Å². The quantitative estimate of drug-likeness (QED) is 0.787. The Morgan fingerprint density at radius 1 is 1.43 bits per heavy atom. The molecule has 1 saturated heterocycles. The Hall–Kier alpha value is -1.03. The van der Waals surface area contributed by atoms with Gasteiger partial charge in [0.1, 0.15) is 5.69 Å². The van der Waals surface area contributed by atoms with Crippen LogP contribution in [-0.2, 0) is 0 Å². The number of pyridine rings is 1. The van der Waals surface area contributed by atoms with Gasteiger partial charge in [-0.05, 0) is 25.1 Å². The van der Waals surface area contributed by atoms with Gasteiger partial charge < -0.3 is 5.32 Å². The topological polar surface area (TPSA) is 24.9 Å². The number of nitrogens with zero attached hydrogens (tertiary/aromatic N) is 1. The maximum Gasteiger partial charge on any atom is 0.280 e. The summed E-state index contributed by atoms with van der Waals surface area (Å²) in [5.41, 5.74) is 0.669. The maximum atomic E-state index is 12.4. The fourth-order valence-corrected chi connectivity index (χ4v) is 1.72. The second kappa shape index (κ2) is 4.00. The summed E-state index contributed by atoms with van der Waals surface area (Å²) >= 11 is 0. The smallest absolute Gasteiger partial charge is 0.280 e. The van der Waals surface area contributed by atoms with Gasteiger partial charge >= 0.3 is 0 Å². The zero-order valence-corrected chi connectivity index (χ0v) is 7.71. The molecule has 0 saturated carbocycles. The lowest BCUT2D eigenvalue weighted by Crippen LogP contribution is -2.09. The van der Waals surface area contributed by atoms with E-state index in [-0.39, 0.29) is 5.69 Å². The van der Waals surface area contributed by atoms with Gasteiger partial charge in [0.05, 0.1) is 0 Å². The minimum Gasteiger partial charge on any atom is -0.316 e. The summed E-state index contributed by atoms with van der Waals surface area (Å²) in [5.74, 6) is 0.300. The fraction of sp³-hybridized carbons (Fsp3) is 0.500. The van der Waals surface area contributed by atoms with E-state index in [4.69, 9.17) is 0 Å². The highest BCUT2D eigenvalue weighted by Gasteiger charge is 2.19. The molecule has 1 atom stereocenters.